The van der Waals surface area contributed by atoms with Crippen LogP contribution in [0.25, 0.3) is 0 Å². The summed E-state index contributed by atoms with van der Waals surface area (Å²) >= 11 is 0. The lowest BCUT2D eigenvalue weighted by Gasteiger charge is -2.40. The van der Waals surface area contributed by atoms with E-state index in [9.17, 15) is 14.4 Å². The maximum absolute atomic E-state index is 13.3. The van der Waals surface area contributed by atoms with Crippen molar-refractivity contribution < 1.29 is 19.1 Å². The third-order valence-corrected chi connectivity index (χ3v) is 7.20. The molecular weight excluding hydrogens is 454 g/mol. The van der Waals surface area contributed by atoms with E-state index in [0.717, 1.165) is 38.6 Å². The van der Waals surface area contributed by atoms with E-state index in [1.54, 1.807) is 4.90 Å². The lowest BCUT2D eigenvalue weighted by molar-refractivity contribution is -0.142. The molecule has 7 heteroatoms. The second kappa shape index (κ2) is 12.6. The van der Waals surface area contributed by atoms with Crippen LogP contribution in [0.3, 0.4) is 0 Å². The summed E-state index contributed by atoms with van der Waals surface area (Å²) in [5.74, 6) is 0.620. The summed E-state index contributed by atoms with van der Waals surface area (Å²) in [6.45, 7) is 13.0. The van der Waals surface area contributed by atoms with Crippen LogP contribution in [0.5, 0.6) is 0 Å². The molecule has 0 aliphatic carbocycles. The van der Waals surface area contributed by atoms with Crippen LogP contribution in [0.15, 0.2) is 30.3 Å². The summed E-state index contributed by atoms with van der Waals surface area (Å²) in [5, 5.41) is 0. The Balaban J connectivity index is 1.47. The number of hydrogen-bond donors (Lipinski definition) is 0. The number of piperidine rings is 2. The smallest absolute Gasteiger partial charge is 0.410 e. The van der Waals surface area contributed by atoms with Gasteiger partial charge in [0.15, 0.2) is 0 Å². The van der Waals surface area contributed by atoms with Gasteiger partial charge >= 0.3 is 6.09 Å². The zero-order valence-electron chi connectivity index (χ0n) is 22.9. The Kier molecular flexibility index (Phi) is 9.80. The Bertz CT molecular complexity index is 872. The summed E-state index contributed by atoms with van der Waals surface area (Å²) < 4.78 is 5.62. The minimum Gasteiger partial charge on any atom is -0.444 e. The standard InChI is InChI=1S/C29H45N3O4/c1-22(2)32(28(35)36-29(3,4)5)21-24-12-9-17-31(20-24)27(34)25-15-18-30(19-16-25)26(33)14-13-23-10-7-6-8-11-23/h6-8,10-11,22,24-25H,9,12-21H2,1-5H3. The Morgan fingerprint density at radius 3 is 2.28 bits per heavy atom. The maximum Gasteiger partial charge on any atom is 0.410 e. The molecule has 2 fully saturated rings. The molecule has 0 spiro atoms. The maximum atomic E-state index is 13.3. The van der Waals surface area contributed by atoms with Gasteiger partial charge in [0.1, 0.15) is 5.60 Å². The number of nitrogens with zero attached hydrogens (tertiary/aromatic N) is 3. The van der Waals surface area contributed by atoms with Gasteiger partial charge in [-0.2, -0.15) is 0 Å². The molecule has 1 unspecified atom stereocenters. The van der Waals surface area contributed by atoms with Crippen molar-refractivity contribution in [3.8, 4) is 0 Å². The van der Waals surface area contributed by atoms with Gasteiger partial charge in [-0.3, -0.25) is 9.59 Å². The molecule has 0 saturated carbocycles. The zero-order valence-corrected chi connectivity index (χ0v) is 22.9. The van der Waals surface area contributed by atoms with E-state index in [2.05, 4.69) is 12.1 Å². The average Bonchev–Trinajstić information content (AvgIpc) is 2.85. The molecule has 2 heterocycles. The summed E-state index contributed by atoms with van der Waals surface area (Å²) in [7, 11) is 0. The minimum absolute atomic E-state index is 0.0195. The van der Waals surface area contributed by atoms with E-state index < -0.39 is 5.60 Å². The van der Waals surface area contributed by atoms with E-state index in [0.29, 0.717) is 32.6 Å². The van der Waals surface area contributed by atoms with Crippen LogP contribution in [0.4, 0.5) is 4.79 Å². The topological polar surface area (TPSA) is 70.2 Å². The molecule has 1 aromatic carbocycles. The molecule has 1 atom stereocenters. The van der Waals surface area contributed by atoms with Gasteiger partial charge in [0.2, 0.25) is 11.8 Å². The van der Waals surface area contributed by atoms with Gasteiger partial charge in [-0.15, -0.1) is 0 Å². The summed E-state index contributed by atoms with van der Waals surface area (Å²) in [5.41, 5.74) is 0.648. The SMILES string of the molecule is CC(C)N(CC1CCCN(C(=O)C2CCN(C(=O)CCc3ccccc3)CC2)C1)C(=O)OC(C)(C)C. The number of likely N-dealkylation sites (tertiary alicyclic amines) is 2. The Morgan fingerprint density at radius 2 is 1.67 bits per heavy atom. The highest BCUT2D eigenvalue weighted by Gasteiger charge is 2.34. The van der Waals surface area contributed by atoms with E-state index in [4.69, 9.17) is 4.74 Å². The van der Waals surface area contributed by atoms with Gasteiger partial charge in [-0.25, -0.2) is 4.79 Å². The molecule has 200 valence electrons. The Morgan fingerprint density at radius 1 is 1.00 bits per heavy atom. The van der Waals surface area contributed by atoms with Crippen LogP contribution in [0.2, 0.25) is 0 Å². The number of amides is 3. The number of aryl methyl sites for hydroxylation is 1. The number of rotatable bonds is 7. The van der Waals surface area contributed by atoms with Gasteiger partial charge in [0.05, 0.1) is 0 Å². The van der Waals surface area contributed by atoms with Crippen molar-refractivity contribution >= 4 is 17.9 Å². The van der Waals surface area contributed by atoms with Crippen LogP contribution in [0.1, 0.15) is 72.3 Å². The number of ether oxygens (including phenoxy) is 1. The van der Waals surface area contributed by atoms with Gasteiger partial charge in [0.25, 0.3) is 0 Å². The first-order valence-corrected chi connectivity index (χ1v) is 13.6. The van der Waals surface area contributed by atoms with Crippen LogP contribution >= 0.6 is 0 Å². The van der Waals surface area contributed by atoms with Crippen LogP contribution in [-0.4, -0.2) is 77.0 Å². The average molecular weight is 500 g/mol. The predicted molar refractivity (Wildman–Crippen MR) is 141 cm³/mol. The molecule has 2 aliphatic rings. The van der Waals surface area contributed by atoms with E-state index in [1.807, 2.05) is 62.6 Å². The molecule has 7 nitrogen and oxygen atoms in total. The number of carbonyl (C=O) groups excluding carboxylic acids is 3. The minimum atomic E-state index is -0.531. The predicted octanol–water partition coefficient (Wildman–Crippen LogP) is 4.74. The van der Waals surface area contributed by atoms with Crippen molar-refractivity contribution in [2.75, 3.05) is 32.7 Å². The highest BCUT2D eigenvalue weighted by atomic mass is 16.6. The summed E-state index contributed by atoms with van der Waals surface area (Å²) in [6.07, 6.45) is 4.40. The first-order valence-electron chi connectivity index (χ1n) is 13.6. The normalized spacial score (nSPS) is 19.3. The lowest BCUT2D eigenvalue weighted by Crippen LogP contribution is -2.50. The van der Waals surface area contributed by atoms with Crippen molar-refractivity contribution in [1.29, 1.82) is 0 Å². The van der Waals surface area contributed by atoms with Crippen molar-refractivity contribution in [3.63, 3.8) is 0 Å². The summed E-state index contributed by atoms with van der Waals surface area (Å²) in [4.78, 5) is 44.5. The van der Waals surface area contributed by atoms with Gasteiger partial charge in [-0.05, 0) is 78.2 Å². The first kappa shape index (κ1) is 28.0. The fourth-order valence-corrected chi connectivity index (χ4v) is 5.20. The van der Waals surface area contributed by atoms with Crippen molar-refractivity contribution in [3.05, 3.63) is 35.9 Å². The van der Waals surface area contributed by atoms with Crippen LogP contribution in [-0.2, 0) is 20.7 Å². The molecule has 0 bridgehead atoms. The molecule has 2 saturated heterocycles. The van der Waals surface area contributed by atoms with Crippen LogP contribution < -0.4 is 0 Å². The molecule has 0 N–H and O–H groups in total. The van der Waals surface area contributed by atoms with Crippen molar-refractivity contribution in [2.45, 2.75) is 84.8 Å². The van der Waals surface area contributed by atoms with E-state index in [1.165, 1.54) is 5.56 Å². The molecule has 2 aliphatic heterocycles. The molecular formula is C29H45N3O4. The third kappa shape index (κ3) is 8.24. The third-order valence-electron chi connectivity index (χ3n) is 7.20. The van der Waals surface area contributed by atoms with Gasteiger partial charge < -0.3 is 19.4 Å². The molecule has 36 heavy (non-hydrogen) atoms. The molecule has 0 radical (unpaired) electrons. The molecule has 0 aromatic heterocycles. The van der Waals surface area contributed by atoms with Gasteiger partial charge in [0, 0.05) is 51.1 Å². The number of hydrogen-bond acceptors (Lipinski definition) is 4. The largest absolute Gasteiger partial charge is 0.444 e. The highest BCUT2D eigenvalue weighted by molar-refractivity contribution is 5.80. The number of carbonyl (C=O) groups is 3. The first-order chi connectivity index (χ1) is 17.0. The summed E-state index contributed by atoms with van der Waals surface area (Å²) in [6, 6.07) is 10.1. The van der Waals surface area contributed by atoms with Crippen LogP contribution in [0, 0.1) is 11.8 Å². The number of benzene rings is 1. The van der Waals surface area contributed by atoms with Crippen molar-refractivity contribution in [1.82, 2.24) is 14.7 Å². The van der Waals surface area contributed by atoms with Gasteiger partial charge in [-0.1, -0.05) is 30.3 Å². The second-order valence-corrected chi connectivity index (χ2v) is 11.7. The monoisotopic (exact) mass is 499 g/mol. The molecule has 3 rings (SSSR count). The molecule has 3 amide bonds. The quantitative estimate of drug-likeness (QED) is 0.543. The Labute approximate surface area is 217 Å². The van der Waals surface area contributed by atoms with E-state index in [-0.39, 0.29) is 35.8 Å². The molecule has 1 aromatic rings. The van der Waals surface area contributed by atoms with E-state index >= 15 is 0 Å². The lowest BCUT2D eigenvalue weighted by atomic mass is 9.91. The highest BCUT2D eigenvalue weighted by Crippen LogP contribution is 2.26. The van der Waals surface area contributed by atoms with Crippen molar-refractivity contribution in [2.24, 2.45) is 11.8 Å². The fourth-order valence-electron chi connectivity index (χ4n) is 5.20. The Hall–Kier alpha value is -2.57. The zero-order chi connectivity index (χ0) is 26.3. The fraction of sp³-hybridized carbons (Fsp3) is 0.690. The second-order valence-electron chi connectivity index (χ2n) is 11.7.